The molecule has 144 heavy (non-hydrogen) atoms. The molecule has 12 aromatic rings. The van der Waals surface area contributed by atoms with E-state index in [0.717, 1.165) is 77.2 Å². The number of ether oxygens (including phenoxy) is 5. The van der Waals surface area contributed by atoms with Crippen LogP contribution in [-0.4, -0.2) is 180 Å². The molecule has 0 aliphatic carbocycles. The maximum Gasteiger partial charge on any atom is 0.377 e. The van der Waals surface area contributed by atoms with Gasteiger partial charge in [0.1, 0.15) is 45.5 Å². The summed E-state index contributed by atoms with van der Waals surface area (Å²) in [6.07, 6.45) is -1.88. The molecule has 0 radical (unpaired) electrons. The van der Waals surface area contributed by atoms with Crippen LogP contribution in [0.3, 0.4) is 0 Å². The van der Waals surface area contributed by atoms with E-state index in [1.807, 2.05) is 198 Å². The first kappa shape index (κ1) is 116. The average Bonchev–Trinajstić information content (AvgIpc) is 1.79. The van der Waals surface area contributed by atoms with Gasteiger partial charge in [-0.3, -0.25) is 9.59 Å². The van der Waals surface area contributed by atoms with E-state index in [4.69, 9.17) is 55.7 Å². The van der Waals surface area contributed by atoms with Crippen molar-refractivity contribution in [3.8, 4) is 38.6 Å². The normalized spacial score (nSPS) is 13.4. The van der Waals surface area contributed by atoms with E-state index >= 15 is 0 Å². The van der Waals surface area contributed by atoms with Crippen molar-refractivity contribution in [1.82, 2.24) is 26.3 Å². The van der Waals surface area contributed by atoms with Gasteiger partial charge in [-0.25, -0.2) is 41.7 Å². The SMILES string of the molecule is C[C@@H](OC[C@H](O)CNC(C)(C)Cc1ccc(Cl)c(F)c1)c1ccccc1-c1nc(C(=O)O)cs1.Cc1ccc(CC(C)(C)NC[C@@H](O)CO[C@H](C)c2ccccc2-c2ccc(C(=O)C(=O)O)cc2)cc1F.Cc1ccc(CC(C)(C)NC[C@@H](O)CO[C@H](C)c2ccccc2-c2ccc(C(=O)C(=O)O)cc2)cc1F.Cc1ccc(CC(C)(C)NC[C@@H](O)CO[C@H](C)c2ccccc2OCc2ccc(C(=O)O)s2)cc1F. The Bertz CT molecular complexity index is 6080. The molecule has 10 aromatic carbocycles. The van der Waals surface area contributed by atoms with Crippen LogP contribution in [0.4, 0.5) is 17.6 Å². The number of aliphatic hydroxyl groups excluding tert-OH is 4. The molecule has 24 nitrogen and oxygen atoms in total. The minimum absolute atomic E-state index is 0.00817. The fraction of sp³-hybridized carbons (Fsp3) is 0.354. The van der Waals surface area contributed by atoms with Crippen LogP contribution < -0.4 is 26.0 Å². The number of carboxylic acids is 4. The predicted molar refractivity (Wildman–Crippen MR) is 554 cm³/mol. The zero-order valence-electron chi connectivity index (χ0n) is 83.5. The standard InChI is InChI=1S/2C30H34FNO5.C28H34FNO5S.C25H28ClFN2O4S/c2*1-19-9-10-21(15-27(19)31)16-30(3,4)32-17-24(33)18-37-20(2)25-7-5-6-8-26(25)22-11-13-23(14-12-22)28(34)29(35)36;1-18-9-10-20(13-24(18)29)14-28(3,4)30-15-21(31)16-34-19(2)23-7-5-6-8-25(23)35-17-22-11-12-26(36-22)27(32)33;1-15(18-6-4-5-7-19(18)23-29-22(14-34-23)24(31)32)33-13-17(30)12-28-25(2,3)11-16-8-9-20(26)21(27)10-16/h2*5-15,20,24,32-33H,16-18H2,1-4H3,(H,35,36);5-13,19,21,30-31H,14-17H2,1-4H3,(H,32,33);4-10,14-15,17,28,30H,11-13H2,1-3H3,(H,31,32)/t2*20-,24-;19-,21-;15-,17-/m1111/s1. The molecule has 2 heterocycles. The number of aromatic nitrogens is 1. The van der Waals surface area contributed by atoms with Gasteiger partial charge in [-0.1, -0.05) is 194 Å². The maximum absolute atomic E-state index is 13.9. The number of Topliss-reactive ketones (excluding diaryl/α,β-unsaturated/α-hetero) is 2. The molecule has 0 saturated carbocycles. The maximum atomic E-state index is 13.9. The molecule has 31 heteroatoms. The lowest BCUT2D eigenvalue weighted by Gasteiger charge is -2.28. The molecule has 2 aromatic heterocycles. The lowest BCUT2D eigenvalue weighted by atomic mass is 9.94. The molecule has 0 saturated heterocycles. The summed E-state index contributed by atoms with van der Waals surface area (Å²) in [4.78, 5) is 72.8. The molecule has 0 aliphatic heterocycles. The molecular weight excluding hydrogens is 1910 g/mol. The van der Waals surface area contributed by atoms with E-state index in [2.05, 4.69) is 26.3 Å². The van der Waals surface area contributed by atoms with Crippen molar-refractivity contribution in [3.63, 3.8) is 0 Å². The number of thiazole rings is 1. The number of β-amino-alcohol motifs (C(OH)–C–C–N with tert-alkyl or cyclic N) is 4. The van der Waals surface area contributed by atoms with Crippen LogP contribution in [0.1, 0.15) is 214 Å². The van der Waals surface area contributed by atoms with Gasteiger partial charge in [0, 0.05) is 80.8 Å². The number of halogens is 5. The number of hydrogen-bond donors (Lipinski definition) is 12. The Morgan fingerprint density at radius 3 is 1.03 bits per heavy atom. The molecule has 12 rings (SSSR count). The average molecular weight is 2040 g/mol. The van der Waals surface area contributed by atoms with Crippen molar-refractivity contribution < 1.29 is 111 Å². The van der Waals surface area contributed by atoms with Crippen LogP contribution in [-0.2, 0) is 60.8 Å². The minimum atomic E-state index is -1.49. The summed E-state index contributed by atoms with van der Waals surface area (Å²) in [7, 11) is 0. The van der Waals surface area contributed by atoms with Gasteiger partial charge in [-0.2, -0.15) is 0 Å². The summed E-state index contributed by atoms with van der Waals surface area (Å²) in [5.41, 5.74) is 11.9. The van der Waals surface area contributed by atoms with Crippen LogP contribution in [0.5, 0.6) is 5.75 Å². The van der Waals surface area contributed by atoms with Gasteiger partial charge >= 0.3 is 23.9 Å². The second-order valence-electron chi connectivity index (χ2n) is 38.2. The van der Waals surface area contributed by atoms with Gasteiger partial charge in [0.05, 0.1) is 80.3 Å². The minimum Gasteiger partial charge on any atom is -0.488 e. The Labute approximate surface area is 851 Å². The van der Waals surface area contributed by atoms with E-state index in [1.165, 1.54) is 58.4 Å². The number of aromatic carboxylic acids is 2. The number of nitrogens with one attached hydrogen (secondary N) is 4. The van der Waals surface area contributed by atoms with E-state index in [9.17, 15) is 66.8 Å². The number of nitrogens with zero attached hydrogens (tertiary/aromatic N) is 1. The smallest absolute Gasteiger partial charge is 0.377 e. The second kappa shape index (κ2) is 54.3. The monoisotopic (exact) mass is 2040 g/mol. The Kier molecular flexibility index (Phi) is 43.6. The third-order valence-corrected chi connectivity index (χ3v) is 26.0. The molecule has 0 aliphatic rings. The van der Waals surface area contributed by atoms with Crippen LogP contribution in [0.15, 0.2) is 236 Å². The molecule has 0 amide bonds. The fourth-order valence-corrected chi connectivity index (χ4v) is 17.4. The van der Waals surface area contributed by atoms with E-state index in [1.54, 1.807) is 106 Å². The quantitative estimate of drug-likeness (QED) is 0.00957. The number of aliphatic hydroxyl groups is 4. The summed E-state index contributed by atoms with van der Waals surface area (Å²) in [5, 5.41) is 93.6. The number of rotatable bonds is 48. The van der Waals surface area contributed by atoms with Gasteiger partial charge in [0.2, 0.25) is 0 Å². The number of thiophene rings is 1. The molecule has 0 spiro atoms. The molecule has 0 bridgehead atoms. The summed E-state index contributed by atoms with van der Waals surface area (Å²) >= 11 is 8.20. The molecule has 8 atom stereocenters. The number of carboxylic acid groups (broad SMARTS) is 4. The summed E-state index contributed by atoms with van der Waals surface area (Å²) in [5.74, 6) is -7.35. The highest BCUT2D eigenvalue weighted by Crippen LogP contribution is 2.37. The lowest BCUT2D eigenvalue weighted by molar-refractivity contribution is -0.132. The molecule has 768 valence electrons. The number of ketones is 2. The van der Waals surface area contributed by atoms with E-state index in [-0.39, 0.29) is 124 Å². The van der Waals surface area contributed by atoms with Crippen molar-refractivity contribution in [2.75, 3.05) is 52.6 Å². The van der Waals surface area contributed by atoms with Crippen molar-refractivity contribution in [2.45, 2.75) is 207 Å². The first-order valence-corrected chi connectivity index (χ1v) is 49.2. The summed E-state index contributed by atoms with van der Waals surface area (Å²) in [6, 6.07) is 67.0. The van der Waals surface area contributed by atoms with Crippen LogP contribution in [0.25, 0.3) is 32.8 Å². The molecular formula is C113H130ClF4N5O19S2. The van der Waals surface area contributed by atoms with Gasteiger partial charge in [0.15, 0.2) is 5.69 Å². The Balaban J connectivity index is 0.000000214. The number of aryl methyl sites for hydroxylation is 3. The highest BCUT2D eigenvalue weighted by molar-refractivity contribution is 7.14. The van der Waals surface area contributed by atoms with Crippen molar-refractivity contribution in [2.24, 2.45) is 0 Å². The number of carbonyl (C=O) groups excluding carboxylic acids is 2. The first-order chi connectivity index (χ1) is 68.0. The molecule has 0 unspecified atom stereocenters. The number of para-hydroxylation sites is 1. The summed E-state index contributed by atoms with van der Waals surface area (Å²) in [6.45, 7) is 30.8. The van der Waals surface area contributed by atoms with Crippen LogP contribution in [0, 0.1) is 44.0 Å². The van der Waals surface area contributed by atoms with Crippen LogP contribution >= 0.6 is 34.3 Å². The van der Waals surface area contributed by atoms with Gasteiger partial charge in [0.25, 0.3) is 11.6 Å². The Hall–Kier alpha value is -11.9. The molecule has 0 fully saturated rings. The first-order valence-electron chi connectivity index (χ1n) is 47.2. The summed E-state index contributed by atoms with van der Waals surface area (Å²) < 4.78 is 85.1. The highest BCUT2D eigenvalue weighted by atomic mass is 35.5. The van der Waals surface area contributed by atoms with Gasteiger partial charge in [-0.05, 0) is 256 Å². The second-order valence-corrected chi connectivity index (χ2v) is 40.6. The third-order valence-electron chi connectivity index (χ3n) is 23.8. The lowest BCUT2D eigenvalue weighted by Crippen LogP contribution is -2.46. The van der Waals surface area contributed by atoms with Crippen molar-refractivity contribution >= 4 is 69.7 Å². The third kappa shape index (κ3) is 36.7. The van der Waals surface area contributed by atoms with Crippen molar-refractivity contribution in [1.29, 1.82) is 0 Å². The largest absolute Gasteiger partial charge is 0.488 e. The van der Waals surface area contributed by atoms with Crippen LogP contribution in [0.2, 0.25) is 5.02 Å². The van der Waals surface area contributed by atoms with Gasteiger partial charge in [-0.15, -0.1) is 22.7 Å². The Morgan fingerprint density at radius 1 is 0.389 bits per heavy atom. The predicted octanol–water partition coefficient (Wildman–Crippen LogP) is 21.1. The fourth-order valence-electron chi connectivity index (χ4n) is 15.7. The molecule has 12 N–H and O–H groups in total. The van der Waals surface area contributed by atoms with E-state index < -0.39 is 65.7 Å². The van der Waals surface area contributed by atoms with Crippen molar-refractivity contribution in [3.05, 3.63) is 352 Å². The highest BCUT2D eigenvalue weighted by Gasteiger charge is 2.29. The number of carbonyl (C=O) groups is 6. The number of benzene rings is 10. The number of hydrogen-bond acceptors (Lipinski definition) is 22. The van der Waals surface area contributed by atoms with Gasteiger partial charge < -0.3 is 85.8 Å². The number of aliphatic carboxylic acids is 2. The zero-order valence-corrected chi connectivity index (χ0v) is 85.9. The topological polar surface area (TPSA) is 371 Å². The Morgan fingerprint density at radius 2 is 0.708 bits per heavy atom. The van der Waals surface area contributed by atoms with E-state index in [0.29, 0.717) is 79.3 Å². The zero-order chi connectivity index (χ0) is 106.